The third-order valence-corrected chi connectivity index (χ3v) is 8.73. The summed E-state index contributed by atoms with van der Waals surface area (Å²) in [4.78, 5) is 2.70. The summed E-state index contributed by atoms with van der Waals surface area (Å²) < 4.78 is 5.80. The van der Waals surface area contributed by atoms with Crippen LogP contribution in [0.25, 0.3) is 0 Å². The molecule has 5 N–H and O–H groups in total. The summed E-state index contributed by atoms with van der Waals surface area (Å²) in [6, 6.07) is 0.539. The molecule has 0 radical (unpaired) electrons. The first-order chi connectivity index (χ1) is 16.5. The van der Waals surface area contributed by atoms with Gasteiger partial charge in [-0.15, -0.1) is 0 Å². The van der Waals surface area contributed by atoms with Crippen LogP contribution in [0.1, 0.15) is 52.4 Å². The van der Waals surface area contributed by atoms with E-state index in [4.69, 9.17) is 16.3 Å². The maximum Gasteiger partial charge on any atom is 0.0677 e. The molecule has 3 aliphatic carbocycles. The third kappa shape index (κ3) is 8.41. The molecule has 0 aromatic heterocycles. The smallest absolute Gasteiger partial charge is 0.0677 e. The van der Waals surface area contributed by atoms with Gasteiger partial charge in [-0.05, 0) is 86.9 Å². The summed E-state index contributed by atoms with van der Waals surface area (Å²) in [5, 5.41) is 4.87. The van der Waals surface area contributed by atoms with Crippen molar-refractivity contribution in [1.29, 1.82) is 0 Å². The molecule has 4 aliphatic rings. The number of piperidine rings is 1. The van der Waals surface area contributed by atoms with E-state index in [1.54, 1.807) is 0 Å². The number of ether oxygens (including phenoxy) is 1. The molecule has 4 rings (SSSR count). The molecule has 0 spiro atoms. The number of nitrogens with zero attached hydrogens (tertiary/aromatic N) is 1. The molecule has 1 aliphatic heterocycles. The van der Waals surface area contributed by atoms with Crippen molar-refractivity contribution in [3.63, 3.8) is 0 Å². The Kier molecular flexibility index (Phi) is 13.1. The van der Waals surface area contributed by atoms with Gasteiger partial charge in [0.15, 0.2) is 0 Å². The minimum atomic E-state index is 0. The van der Waals surface area contributed by atoms with Gasteiger partial charge in [0.2, 0.25) is 0 Å². The molecule has 4 unspecified atom stereocenters. The lowest BCUT2D eigenvalue weighted by atomic mass is 9.80. The Bertz CT molecular complexity index is 811. The highest BCUT2D eigenvalue weighted by Crippen LogP contribution is 2.33. The largest absolute Gasteiger partial charge is 0.412 e. The van der Waals surface area contributed by atoms with Crippen molar-refractivity contribution in [3.8, 4) is 0 Å². The fourth-order valence-electron chi connectivity index (χ4n) is 6.15. The van der Waals surface area contributed by atoms with Crippen LogP contribution in [0, 0.1) is 29.6 Å². The van der Waals surface area contributed by atoms with Crippen LogP contribution in [0.3, 0.4) is 0 Å². The minimum absolute atomic E-state index is 0. The first kappa shape index (κ1) is 31.0. The molecule has 1 heterocycles. The zero-order valence-electron chi connectivity index (χ0n) is 22.5. The number of methoxy groups -OCH3 is 1. The average molecular weight is 521 g/mol. The first-order valence-corrected chi connectivity index (χ1v) is 14.0. The zero-order chi connectivity index (χ0) is 23.9. The highest BCUT2D eigenvalue weighted by Gasteiger charge is 2.28. The van der Waals surface area contributed by atoms with Crippen molar-refractivity contribution in [2.24, 2.45) is 29.6 Å². The number of nitrogens with one attached hydrogen (secondary N) is 1. The van der Waals surface area contributed by atoms with Crippen LogP contribution >= 0.6 is 11.6 Å². The average Bonchev–Trinajstić information content (AvgIpc) is 2.87. The van der Waals surface area contributed by atoms with Crippen molar-refractivity contribution in [3.05, 3.63) is 59.2 Å². The number of halogens is 1. The van der Waals surface area contributed by atoms with Crippen molar-refractivity contribution in [1.82, 2.24) is 10.2 Å². The predicted octanol–water partition coefficient (Wildman–Crippen LogP) is 4.85. The zero-order valence-corrected chi connectivity index (χ0v) is 23.2. The van der Waals surface area contributed by atoms with E-state index in [0.717, 1.165) is 49.7 Å². The van der Waals surface area contributed by atoms with Gasteiger partial charge in [0.05, 0.1) is 6.10 Å². The topological polar surface area (TPSA) is 87.5 Å². The van der Waals surface area contributed by atoms with E-state index in [1.807, 2.05) is 7.11 Å². The lowest BCUT2D eigenvalue weighted by molar-refractivity contribution is 0.0698. The lowest BCUT2D eigenvalue weighted by Crippen LogP contribution is -2.48. The van der Waals surface area contributed by atoms with Crippen LogP contribution < -0.4 is 5.32 Å². The molecule has 0 amide bonds. The molecule has 0 aromatic rings. The van der Waals surface area contributed by atoms with E-state index < -0.39 is 0 Å². The van der Waals surface area contributed by atoms with Crippen LogP contribution in [0.4, 0.5) is 0 Å². The Hall–Kier alpha value is -1.21. The second-order valence-electron chi connectivity index (χ2n) is 11.1. The van der Waals surface area contributed by atoms with Gasteiger partial charge < -0.3 is 25.9 Å². The van der Waals surface area contributed by atoms with Gasteiger partial charge >= 0.3 is 0 Å². The number of rotatable bonds is 9. The molecule has 5 nitrogen and oxygen atoms in total. The van der Waals surface area contributed by atoms with E-state index >= 15 is 0 Å². The van der Waals surface area contributed by atoms with Crippen LogP contribution in [0.5, 0.6) is 0 Å². The van der Waals surface area contributed by atoms with Crippen molar-refractivity contribution >= 4 is 11.6 Å². The molecule has 1 saturated heterocycles. The predicted molar refractivity (Wildman–Crippen MR) is 152 cm³/mol. The Morgan fingerprint density at radius 2 is 1.83 bits per heavy atom. The molecule has 0 aromatic carbocycles. The van der Waals surface area contributed by atoms with Gasteiger partial charge in [-0.3, -0.25) is 0 Å². The van der Waals surface area contributed by atoms with Gasteiger partial charge in [-0.25, -0.2) is 0 Å². The Labute approximate surface area is 224 Å². The fourth-order valence-corrected chi connectivity index (χ4v) is 6.31. The Balaban J connectivity index is 0.00000228. The molecule has 36 heavy (non-hydrogen) atoms. The van der Waals surface area contributed by atoms with E-state index in [9.17, 15) is 0 Å². The summed E-state index contributed by atoms with van der Waals surface area (Å²) in [7, 11) is 1.86. The summed E-state index contributed by atoms with van der Waals surface area (Å²) in [6.45, 7) is 9.39. The van der Waals surface area contributed by atoms with E-state index in [2.05, 4.69) is 72.7 Å². The standard InChI is InChI=1S/C30H45ClN2O.2H2O/c1-22(2)29(21-33-17-15-25(16-18-33)24-11-13-27(31)14-12-24)32-20-23-7-6-8-26(19-23)28-9-4-5-10-30(28)34-3;;/h4,6,8-9,11,13-14,19,22-25,28-30,32H,5,7,10,12,15-18,20-21H2,1-3H3;2*1H2/t23?,24?,28?,29-,30?;;/m0../s1. The quantitative estimate of drug-likeness (QED) is 0.441. The number of hydrogen-bond acceptors (Lipinski definition) is 3. The summed E-state index contributed by atoms with van der Waals surface area (Å²) >= 11 is 6.12. The Morgan fingerprint density at radius 1 is 1.06 bits per heavy atom. The highest BCUT2D eigenvalue weighted by molar-refractivity contribution is 6.31. The second kappa shape index (κ2) is 15.3. The van der Waals surface area contributed by atoms with Gasteiger partial charge in [-0.2, -0.15) is 0 Å². The molecule has 5 atom stereocenters. The molecule has 6 heteroatoms. The number of likely N-dealkylation sites (tertiary alicyclic amines) is 1. The van der Waals surface area contributed by atoms with Gasteiger partial charge in [0, 0.05) is 37.2 Å². The molecule has 0 saturated carbocycles. The summed E-state index contributed by atoms with van der Waals surface area (Å²) in [5.74, 6) is 3.10. The summed E-state index contributed by atoms with van der Waals surface area (Å²) in [6.07, 6.45) is 26.0. The summed E-state index contributed by atoms with van der Waals surface area (Å²) in [5.41, 5.74) is 1.44. The van der Waals surface area contributed by atoms with Gasteiger partial charge in [-0.1, -0.05) is 68.0 Å². The van der Waals surface area contributed by atoms with Crippen LogP contribution in [-0.2, 0) is 4.74 Å². The second-order valence-corrected chi connectivity index (χ2v) is 11.6. The first-order valence-electron chi connectivity index (χ1n) is 13.6. The van der Waals surface area contributed by atoms with Crippen molar-refractivity contribution in [2.75, 3.05) is 33.3 Å². The minimum Gasteiger partial charge on any atom is -0.412 e. The van der Waals surface area contributed by atoms with E-state index in [1.165, 1.54) is 31.5 Å². The van der Waals surface area contributed by atoms with Gasteiger partial charge in [0.25, 0.3) is 0 Å². The van der Waals surface area contributed by atoms with Gasteiger partial charge in [0.1, 0.15) is 0 Å². The maximum absolute atomic E-state index is 6.12. The molecular weight excluding hydrogens is 472 g/mol. The highest BCUT2D eigenvalue weighted by atomic mass is 35.5. The number of hydrogen-bond donors (Lipinski definition) is 1. The van der Waals surface area contributed by atoms with Crippen LogP contribution in [0.15, 0.2) is 59.2 Å². The third-order valence-electron chi connectivity index (χ3n) is 8.45. The normalized spacial score (nSPS) is 29.8. The SMILES string of the molecule is COC1CCC=CC1C1=CC(CN[C@@H](CN2CCC(C3C=CC(Cl)=CC3)CC2)C(C)C)CC=C1.O.O. The van der Waals surface area contributed by atoms with Crippen molar-refractivity contribution in [2.45, 2.75) is 64.5 Å². The molecular formula is C30H49ClN2O3. The maximum atomic E-state index is 6.12. The van der Waals surface area contributed by atoms with Crippen molar-refractivity contribution < 1.29 is 15.7 Å². The van der Waals surface area contributed by atoms with E-state index in [-0.39, 0.29) is 11.0 Å². The molecule has 0 bridgehead atoms. The number of allylic oxidation sites excluding steroid dienone is 7. The molecule has 204 valence electrons. The Morgan fingerprint density at radius 3 is 2.50 bits per heavy atom. The fraction of sp³-hybridized carbons (Fsp3) is 0.667. The monoisotopic (exact) mass is 520 g/mol. The molecule has 1 fully saturated rings. The van der Waals surface area contributed by atoms with Crippen LogP contribution in [0.2, 0.25) is 0 Å². The van der Waals surface area contributed by atoms with Crippen LogP contribution in [-0.4, -0.2) is 61.3 Å². The lowest BCUT2D eigenvalue weighted by Gasteiger charge is -2.38. The van der Waals surface area contributed by atoms with E-state index in [0.29, 0.717) is 35.8 Å².